The van der Waals surface area contributed by atoms with Crippen LogP contribution in [-0.4, -0.2) is 6.29 Å². The minimum absolute atomic E-state index is 0.246. The molecule has 0 unspecified atom stereocenters. The average Bonchev–Trinajstić information content (AvgIpc) is 2.46. The molecule has 2 aromatic rings. The van der Waals surface area contributed by atoms with Crippen LogP contribution in [0, 0.1) is 18.3 Å². The maximum Gasteiger partial charge on any atom is 0.153 e. The van der Waals surface area contributed by atoms with Gasteiger partial charge < -0.3 is 4.74 Å². The number of nitrogens with zero attached hydrogens (tertiary/aromatic N) is 1. The van der Waals surface area contributed by atoms with Crippen molar-refractivity contribution in [3.05, 3.63) is 63.7 Å². The first-order chi connectivity index (χ1) is 9.65. The second-order valence-electron chi connectivity index (χ2n) is 4.32. The third-order valence-electron chi connectivity index (χ3n) is 2.92. The van der Waals surface area contributed by atoms with Crippen LogP contribution in [0.3, 0.4) is 0 Å². The van der Waals surface area contributed by atoms with Crippen molar-refractivity contribution in [2.75, 3.05) is 0 Å². The van der Waals surface area contributed by atoms with Crippen molar-refractivity contribution in [1.29, 1.82) is 5.26 Å². The van der Waals surface area contributed by atoms with Gasteiger partial charge in [0.05, 0.1) is 17.2 Å². The molecule has 0 saturated heterocycles. The second kappa shape index (κ2) is 6.23. The Kier molecular flexibility index (Phi) is 4.39. The monoisotopic (exact) mass is 285 g/mol. The van der Waals surface area contributed by atoms with Gasteiger partial charge in [0, 0.05) is 10.6 Å². The van der Waals surface area contributed by atoms with Crippen molar-refractivity contribution in [2.45, 2.75) is 13.5 Å². The van der Waals surface area contributed by atoms with Gasteiger partial charge in [-0.25, -0.2) is 0 Å². The van der Waals surface area contributed by atoms with E-state index >= 15 is 0 Å². The van der Waals surface area contributed by atoms with Crippen molar-refractivity contribution in [2.24, 2.45) is 0 Å². The van der Waals surface area contributed by atoms with Crippen molar-refractivity contribution in [1.82, 2.24) is 0 Å². The molecule has 0 saturated carbocycles. The Labute approximate surface area is 122 Å². The van der Waals surface area contributed by atoms with Gasteiger partial charge in [-0.05, 0) is 30.7 Å². The first-order valence-electron chi connectivity index (χ1n) is 6.02. The number of ether oxygens (including phenoxy) is 1. The van der Waals surface area contributed by atoms with Crippen LogP contribution in [0.25, 0.3) is 0 Å². The largest absolute Gasteiger partial charge is 0.488 e. The normalized spacial score (nSPS) is 9.85. The Morgan fingerprint density at radius 1 is 1.35 bits per heavy atom. The number of nitriles is 1. The predicted octanol–water partition coefficient (Wildman–Crippen LogP) is 3.91. The third kappa shape index (κ3) is 2.98. The number of halogens is 1. The summed E-state index contributed by atoms with van der Waals surface area (Å²) in [5.41, 5.74) is 2.67. The van der Waals surface area contributed by atoms with Crippen molar-refractivity contribution < 1.29 is 9.53 Å². The highest BCUT2D eigenvalue weighted by atomic mass is 35.5. The summed E-state index contributed by atoms with van der Waals surface area (Å²) in [5, 5.41) is 9.26. The molecule has 0 aromatic heterocycles. The van der Waals surface area contributed by atoms with Gasteiger partial charge in [-0.1, -0.05) is 29.8 Å². The van der Waals surface area contributed by atoms with E-state index < -0.39 is 0 Å². The molecule has 0 aliphatic rings. The average molecular weight is 286 g/mol. The Morgan fingerprint density at radius 3 is 2.80 bits per heavy atom. The lowest BCUT2D eigenvalue weighted by atomic mass is 10.1. The second-order valence-corrected chi connectivity index (χ2v) is 4.72. The van der Waals surface area contributed by atoms with E-state index in [0.717, 1.165) is 17.4 Å². The molecule has 20 heavy (non-hydrogen) atoms. The number of carbonyl (C=O) groups excluding carboxylic acids is 1. The minimum Gasteiger partial charge on any atom is -0.488 e. The molecule has 0 aliphatic carbocycles. The number of hydrogen-bond donors (Lipinski definition) is 0. The van der Waals surface area contributed by atoms with E-state index in [4.69, 9.17) is 21.6 Å². The zero-order valence-electron chi connectivity index (χ0n) is 10.9. The van der Waals surface area contributed by atoms with Gasteiger partial charge in [-0.15, -0.1) is 0 Å². The summed E-state index contributed by atoms with van der Waals surface area (Å²) in [6.07, 6.45) is 0.767. The van der Waals surface area contributed by atoms with E-state index in [1.807, 2.05) is 19.1 Å². The molecule has 100 valence electrons. The standard InChI is InChI=1S/C16H12ClNO2/c1-11-3-2-4-13(9-19)16(11)20-10-14-6-5-12(8-18)7-15(14)17/h2-7,9H,10H2,1H3. The number of rotatable bonds is 4. The Hall–Kier alpha value is -2.31. The Bertz CT molecular complexity index is 689. The number of aryl methyl sites for hydroxylation is 1. The van der Waals surface area contributed by atoms with Gasteiger partial charge in [0.2, 0.25) is 0 Å². The highest BCUT2D eigenvalue weighted by Gasteiger charge is 2.08. The maximum absolute atomic E-state index is 11.0. The molecule has 0 fully saturated rings. The van der Waals surface area contributed by atoms with E-state index in [1.54, 1.807) is 30.3 Å². The lowest BCUT2D eigenvalue weighted by Crippen LogP contribution is -2.01. The zero-order chi connectivity index (χ0) is 14.5. The van der Waals surface area contributed by atoms with Crippen molar-refractivity contribution in [3.8, 4) is 11.8 Å². The van der Waals surface area contributed by atoms with E-state index in [-0.39, 0.29) is 6.61 Å². The number of aldehydes is 1. The highest BCUT2D eigenvalue weighted by Crippen LogP contribution is 2.25. The van der Waals surface area contributed by atoms with E-state index in [2.05, 4.69) is 0 Å². The molecule has 2 aromatic carbocycles. The topological polar surface area (TPSA) is 50.1 Å². The van der Waals surface area contributed by atoms with Crippen LogP contribution in [0.1, 0.15) is 27.0 Å². The lowest BCUT2D eigenvalue weighted by Gasteiger charge is -2.12. The predicted molar refractivity (Wildman–Crippen MR) is 77.1 cm³/mol. The highest BCUT2D eigenvalue weighted by molar-refractivity contribution is 6.31. The molecule has 0 N–H and O–H groups in total. The minimum atomic E-state index is 0.246. The maximum atomic E-state index is 11.0. The van der Waals surface area contributed by atoms with E-state index in [1.165, 1.54) is 0 Å². The Balaban J connectivity index is 2.21. The molecule has 0 aliphatic heterocycles. The Morgan fingerprint density at radius 2 is 2.15 bits per heavy atom. The van der Waals surface area contributed by atoms with Crippen LogP contribution >= 0.6 is 11.6 Å². The SMILES string of the molecule is Cc1cccc(C=O)c1OCc1ccc(C#N)cc1Cl. The summed E-state index contributed by atoms with van der Waals surface area (Å²) in [5.74, 6) is 0.558. The van der Waals surface area contributed by atoms with Crippen LogP contribution < -0.4 is 4.74 Å². The number of hydrogen-bond acceptors (Lipinski definition) is 3. The van der Waals surface area contributed by atoms with Crippen molar-refractivity contribution >= 4 is 17.9 Å². The molecule has 0 radical (unpaired) electrons. The summed E-state index contributed by atoms with van der Waals surface area (Å²) in [7, 11) is 0. The summed E-state index contributed by atoms with van der Waals surface area (Å²) in [6.45, 7) is 2.12. The van der Waals surface area contributed by atoms with Crippen LogP contribution in [-0.2, 0) is 6.61 Å². The summed E-state index contributed by atoms with van der Waals surface area (Å²) >= 11 is 6.09. The molecule has 0 amide bonds. The summed E-state index contributed by atoms with van der Waals surface area (Å²) in [4.78, 5) is 11.0. The smallest absolute Gasteiger partial charge is 0.153 e. The fourth-order valence-electron chi connectivity index (χ4n) is 1.85. The molecule has 3 nitrogen and oxygen atoms in total. The summed E-state index contributed by atoms with van der Waals surface area (Å²) < 4.78 is 5.70. The molecule has 4 heteroatoms. The molecule has 0 atom stereocenters. The van der Waals surface area contributed by atoms with Gasteiger partial charge in [0.15, 0.2) is 6.29 Å². The third-order valence-corrected chi connectivity index (χ3v) is 3.28. The first-order valence-corrected chi connectivity index (χ1v) is 6.39. The quantitative estimate of drug-likeness (QED) is 0.800. The fourth-order valence-corrected chi connectivity index (χ4v) is 2.08. The molecule has 2 rings (SSSR count). The van der Waals surface area contributed by atoms with Gasteiger partial charge in [-0.3, -0.25) is 4.79 Å². The van der Waals surface area contributed by atoms with E-state index in [0.29, 0.717) is 21.9 Å². The number of para-hydroxylation sites is 1. The molecular weight excluding hydrogens is 274 g/mol. The van der Waals surface area contributed by atoms with Gasteiger partial charge >= 0.3 is 0 Å². The number of carbonyl (C=O) groups is 1. The van der Waals surface area contributed by atoms with Crippen LogP contribution in [0.4, 0.5) is 0 Å². The van der Waals surface area contributed by atoms with Crippen LogP contribution in [0.2, 0.25) is 5.02 Å². The van der Waals surface area contributed by atoms with Crippen LogP contribution in [0.15, 0.2) is 36.4 Å². The molecule has 0 heterocycles. The fraction of sp³-hybridized carbons (Fsp3) is 0.125. The van der Waals surface area contributed by atoms with Gasteiger partial charge in [-0.2, -0.15) is 5.26 Å². The van der Waals surface area contributed by atoms with Gasteiger partial charge in [0.25, 0.3) is 0 Å². The lowest BCUT2D eigenvalue weighted by molar-refractivity contribution is 0.111. The zero-order valence-corrected chi connectivity index (χ0v) is 11.6. The van der Waals surface area contributed by atoms with Crippen LogP contribution in [0.5, 0.6) is 5.75 Å². The molecule has 0 bridgehead atoms. The van der Waals surface area contributed by atoms with Gasteiger partial charge in [0.1, 0.15) is 12.4 Å². The molecular formula is C16H12ClNO2. The number of benzene rings is 2. The van der Waals surface area contributed by atoms with Crippen molar-refractivity contribution in [3.63, 3.8) is 0 Å². The molecule has 0 spiro atoms. The first kappa shape index (κ1) is 14.1. The van der Waals surface area contributed by atoms with E-state index in [9.17, 15) is 4.79 Å². The summed E-state index contributed by atoms with van der Waals surface area (Å²) in [6, 6.07) is 12.4.